The fourth-order valence-electron chi connectivity index (χ4n) is 10.5. The summed E-state index contributed by atoms with van der Waals surface area (Å²) in [4.78, 5) is 25.2. The van der Waals surface area contributed by atoms with Gasteiger partial charge in [-0.3, -0.25) is 9.59 Å². The van der Waals surface area contributed by atoms with Gasteiger partial charge in [0, 0.05) is 23.9 Å². The maximum Gasteiger partial charge on any atom is 0.309 e. The van der Waals surface area contributed by atoms with Crippen LogP contribution >= 0.6 is 0 Å². The predicted octanol–water partition coefficient (Wildman–Crippen LogP) is 6.41. The van der Waals surface area contributed by atoms with E-state index >= 15 is 0 Å². The Morgan fingerprint density at radius 3 is 2.29 bits per heavy atom. The molecule has 4 saturated carbocycles. The molecule has 0 saturated heterocycles. The highest BCUT2D eigenvalue weighted by atomic mass is 16.4. The number of aliphatic carboxylic acids is 1. The number of rotatable bonds is 2. The van der Waals surface area contributed by atoms with Crippen LogP contribution in [0.15, 0.2) is 11.6 Å². The number of aliphatic hydroxyl groups is 1. The number of carboxylic acids is 1. The van der Waals surface area contributed by atoms with Crippen molar-refractivity contribution in [3.05, 3.63) is 11.6 Å². The van der Waals surface area contributed by atoms with Gasteiger partial charge in [-0.15, -0.1) is 0 Å². The lowest BCUT2D eigenvalue weighted by atomic mass is 9.33. The van der Waals surface area contributed by atoms with Gasteiger partial charge in [-0.25, -0.2) is 0 Å². The summed E-state index contributed by atoms with van der Waals surface area (Å²) in [6, 6.07) is 0. The summed E-state index contributed by atoms with van der Waals surface area (Å²) < 4.78 is 0. The number of allylic oxidation sites excluding steroid dienone is 2. The molecule has 4 nitrogen and oxygen atoms in total. The molecule has 8 atom stereocenters. The Kier molecular flexibility index (Phi) is 5.20. The maximum atomic E-state index is 12.9. The predicted molar refractivity (Wildman–Crippen MR) is 133 cm³/mol. The van der Waals surface area contributed by atoms with E-state index < -0.39 is 11.4 Å². The smallest absolute Gasteiger partial charge is 0.309 e. The lowest BCUT2D eigenvalue weighted by Gasteiger charge is -2.70. The molecule has 5 rings (SSSR count). The fraction of sp³-hybridized carbons (Fsp3) is 0.867. The highest BCUT2D eigenvalue weighted by Gasteiger charge is 2.68. The first kappa shape index (κ1) is 24.5. The summed E-state index contributed by atoms with van der Waals surface area (Å²) in [5.74, 6) is 0.879. The Hall–Kier alpha value is -1.16. The molecule has 0 bridgehead atoms. The van der Waals surface area contributed by atoms with Crippen LogP contribution in [0, 0.1) is 50.2 Å². The molecule has 0 aromatic rings. The average molecular weight is 471 g/mol. The lowest BCUT2D eigenvalue weighted by molar-refractivity contribution is -0.188. The van der Waals surface area contributed by atoms with Crippen LogP contribution < -0.4 is 0 Å². The van der Waals surface area contributed by atoms with E-state index in [9.17, 15) is 19.8 Å². The molecule has 0 unspecified atom stereocenters. The second-order valence-electron chi connectivity index (χ2n) is 14.6. The van der Waals surface area contributed by atoms with Gasteiger partial charge in [0.2, 0.25) is 0 Å². The van der Waals surface area contributed by atoms with E-state index in [0.717, 1.165) is 44.9 Å². The zero-order chi connectivity index (χ0) is 24.9. The number of Topliss-reactive ketones (excluding diaryl/α,β-unsaturated/α-hetero) is 1. The molecule has 5 aliphatic carbocycles. The minimum atomic E-state index is -0.711. The number of hydrogen-bond acceptors (Lipinski definition) is 3. The lowest BCUT2D eigenvalue weighted by Crippen LogP contribution is -2.64. The quantitative estimate of drug-likeness (QED) is 0.457. The van der Waals surface area contributed by atoms with E-state index in [0.29, 0.717) is 36.9 Å². The van der Waals surface area contributed by atoms with Crippen molar-refractivity contribution in [1.82, 2.24) is 0 Å². The van der Waals surface area contributed by atoms with Gasteiger partial charge >= 0.3 is 5.97 Å². The van der Waals surface area contributed by atoms with E-state index in [1.807, 2.05) is 6.92 Å². The van der Waals surface area contributed by atoms with E-state index in [-0.39, 0.29) is 39.6 Å². The van der Waals surface area contributed by atoms with Crippen molar-refractivity contribution in [2.75, 3.05) is 6.61 Å². The minimum Gasteiger partial charge on any atom is -0.481 e. The fourth-order valence-corrected chi connectivity index (χ4v) is 10.5. The average Bonchev–Trinajstić information content (AvgIpc) is 2.77. The number of hydrogen-bond donors (Lipinski definition) is 2. The SMILES string of the molecule is CC1(C)C(=O)CC[C@]2(C)[C@@H]1CC[C@@]1(C)[C@@H]2CC=C2[C@@H]3C[C@@](C)(C(=O)O)CC[C@]3(CO)CC[C@@]21C. The van der Waals surface area contributed by atoms with Crippen molar-refractivity contribution in [1.29, 1.82) is 0 Å². The third-order valence-electron chi connectivity index (χ3n) is 13.2. The molecule has 0 heterocycles. The first-order valence-electron chi connectivity index (χ1n) is 13.8. The summed E-state index contributed by atoms with van der Waals surface area (Å²) in [6.45, 7) is 14.0. The molecular weight excluding hydrogens is 424 g/mol. The molecule has 2 N–H and O–H groups in total. The monoisotopic (exact) mass is 470 g/mol. The molecule has 0 aliphatic heterocycles. The Morgan fingerprint density at radius 1 is 0.971 bits per heavy atom. The van der Waals surface area contributed by atoms with Crippen molar-refractivity contribution in [3.8, 4) is 0 Å². The standard InChI is InChI=1S/C30H46O4/c1-25(2)21-9-12-29(6)22(27(21,4)11-10-23(25)32)8-7-19-20-17-26(3,24(33)34)13-15-30(20,18-31)16-14-28(19,29)5/h7,20-22,31H,8-18H2,1-6H3,(H,33,34)/t20-,21+,22+,26-,27+,28-,29-,30+/m0/s1. The van der Waals surface area contributed by atoms with Crippen LogP contribution in [0.25, 0.3) is 0 Å². The van der Waals surface area contributed by atoms with E-state index in [4.69, 9.17) is 0 Å². The van der Waals surface area contributed by atoms with Gasteiger partial charge in [0.05, 0.1) is 5.41 Å². The second kappa shape index (κ2) is 7.20. The van der Waals surface area contributed by atoms with Crippen molar-refractivity contribution in [2.45, 2.75) is 106 Å². The van der Waals surface area contributed by atoms with Crippen molar-refractivity contribution in [2.24, 2.45) is 50.2 Å². The molecule has 34 heavy (non-hydrogen) atoms. The van der Waals surface area contributed by atoms with Gasteiger partial charge in [0.15, 0.2) is 0 Å². The summed E-state index contributed by atoms with van der Waals surface area (Å²) >= 11 is 0. The Labute approximate surface area is 206 Å². The molecule has 190 valence electrons. The number of aliphatic hydroxyl groups excluding tert-OH is 1. The first-order valence-corrected chi connectivity index (χ1v) is 13.8. The Balaban J connectivity index is 1.59. The van der Waals surface area contributed by atoms with Crippen LogP contribution in [0.2, 0.25) is 0 Å². The third kappa shape index (κ3) is 2.81. The molecule has 0 amide bonds. The molecule has 4 heteroatoms. The zero-order valence-corrected chi connectivity index (χ0v) is 22.3. The van der Waals surface area contributed by atoms with Crippen LogP contribution in [-0.4, -0.2) is 28.6 Å². The summed E-state index contributed by atoms with van der Waals surface area (Å²) in [5, 5.41) is 20.7. The number of ketones is 1. The van der Waals surface area contributed by atoms with E-state index in [2.05, 4.69) is 40.7 Å². The number of carboxylic acid groups (broad SMARTS) is 1. The van der Waals surface area contributed by atoms with Crippen LogP contribution in [0.1, 0.15) is 106 Å². The normalized spacial score (nSPS) is 51.9. The first-order chi connectivity index (χ1) is 15.7. The number of fused-ring (bicyclic) bond motifs is 7. The molecule has 0 radical (unpaired) electrons. The molecule has 0 aromatic heterocycles. The minimum absolute atomic E-state index is 0.0234. The third-order valence-corrected chi connectivity index (χ3v) is 13.2. The van der Waals surface area contributed by atoms with Crippen LogP contribution in [0.5, 0.6) is 0 Å². The number of carbonyl (C=O) groups excluding carboxylic acids is 1. The van der Waals surface area contributed by atoms with Gasteiger partial charge in [-0.2, -0.15) is 0 Å². The van der Waals surface area contributed by atoms with Crippen molar-refractivity contribution >= 4 is 11.8 Å². The topological polar surface area (TPSA) is 74.6 Å². The van der Waals surface area contributed by atoms with E-state index in [1.54, 1.807) is 0 Å². The molecule has 0 spiro atoms. The molecule has 4 fully saturated rings. The van der Waals surface area contributed by atoms with Crippen molar-refractivity contribution in [3.63, 3.8) is 0 Å². The highest BCUT2D eigenvalue weighted by molar-refractivity contribution is 5.85. The Morgan fingerprint density at radius 2 is 1.65 bits per heavy atom. The van der Waals surface area contributed by atoms with Crippen molar-refractivity contribution < 1.29 is 19.8 Å². The largest absolute Gasteiger partial charge is 0.481 e. The van der Waals surface area contributed by atoms with Crippen LogP contribution in [0.4, 0.5) is 0 Å². The zero-order valence-electron chi connectivity index (χ0n) is 22.3. The maximum absolute atomic E-state index is 12.9. The summed E-state index contributed by atoms with van der Waals surface area (Å²) in [7, 11) is 0. The number of carbonyl (C=O) groups is 2. The van der Waals surface area contributed by atoms with Gasteiger partial charge in [0.1, 0.15) is 5.78 Å². The highest BCUT2D eigenvalue weighted by Crippen LogP contribution is 2.75. The van der Waals surface area contributed by atoms with Gasteiger partial charge < -0.3 is 10.2 Å². The molecular formula is C30H46O4. The van der Waals surface area contributed by atoms with Gasteiger partial charge in [0.25, 0.3) is 0 Å². The summed E-state index contributed by atoms with van der Waals surface area (Å²) in [5.41, 5.74) is 0.661. The molecule has 5 aliphatic rings. The van der Waals surface area contributed by atoms with Crippen LogP contribution in [-0.2, 0) is 9.59 Å². The van der Waals surface area contributed by atoms with E-state index in [1.165, 1.54) is 5.57 Å². The Bertz CT molecular complexity index is 949. The van der Waals surface area contributed by atoms with Gasteiger partial charge in [-0.05, 0) is 98.7 Å². The summed E-state index contributed by atoms with van der Waals surface area (Å²) in [6.07, 6.45) is 11.7. The molecule has 0 aromatic carbocycles. The second-order valence-corrected chi connectivity index (χ2v) is 14.6. The van der Waals surface area contributed by atoms with Crippen LogP contribution in [0.3, 0.4) is 0 Å². The van der Waals surface area contributed by atoms with Gasteiger partial charge in [-0.1, -0.05) is 46.3 Å².